The van der Waals surface area contributed by atoms with Gasteiger partial charge in [0.25, 0.3) is 0 Å². The van der Waals surface area contributed by atoms with Gasteiger partial charge in [0.15, 0.2) is 11.6 Å². The van der Waals surface area contributed by atoms with Crippen LogP contribution in [-0.2, 0) is 0 Å². The molecule has 0 bridgehead atoms. The zero-order valence-electron chi connectivity index (χ0n) is 26.0. The van der Waals surface area contributed by atoms with Crippen molar-refractivity contribution in [3.05, 3.63) is 59.7 Å². The Morgan fingerprint density at radius 2 is 0.952 bits per heavy atom. The summed E-state index contributed by atoms with van der Waals surface area (Å²) >= 11 is 0. The van der Waals surface area contributed by atoms with Crippen LogP contribution in [0.15, 0.2) is 48.5 Å². The molecule has 2 heterocycles. The predicted octanol–water partition coefficient (Wildman–Crippen LogP) is 7.31. The largest absolute Gasteiger partial charge is 0.494 e. The van der Waals surface area contributed by atoms with E-state index in [1.54, 1.807) is 0 Å². The molecule has 0 saturated carbocycles. The molecule has 2 unspecified atom stereocenters. The fourth-order valence-corrected chi connectivity index (χ4v) is 6.53. The molecule has 2 aromatic carbocycles. The van der Waals surface area contributed by atoms with Crippen LogP contribution in [0.4, 0.5) is 0 Å². The Morgan fingerprint density at radius 3 is 1.29 bits per heavy atom. The third-order valence-corrected chi connectivity index (χ3v) is 8.85. The molecule has 4 rings (SSSR count). The van der Waals surface area contributed by atoms with E-state index in [0.717, 1.165) is 87.6 Å². The monoisotopic (exact) mass is 576 g/mol. The lowest BCUT2D eigenvalue weighted by atomic mass is 9.88. The third-order valence-electron chi connectivity index (χ3n) is 8.85. The predicted molar refractivity (Wildman–Crippen MR) is 170 cm³/mol. The van der Waals surface area contributed by atoms with Crippen LogP contribution in [0.1, 0.15) is 98.8 Å². The molecule has 0 aliphatic carbocycles. The Bertz CT molecular complexity index is 985. The van der Waals surface area contributed by atoms with Crippen LogP contribution in [0.5, 0.6) is 11.5 Å². The highest BCUT2D eigenvalue weighted by molar-refractivity contribution is 5.98. The van der Waals surface area contributed by atoms with Crippen molar-refractivity contribution in [3.63, 3.8) is 0 Å². The molecule has 2 aliphatic heterocycles. The normalized spacial score (nSPS) is 17.9. The van der Waals surface area contributed by atoms with Crippen molar-refractivity contribution in [2.45, 2.75) is 78.1 Å². The molecule has 0 N–H and O–H groups in total. The van der Waals surface area contributed by atoms with Gasteiger partial charge in [-0.05, 0) is 127 Å². The van der Waals surface area contributed by atoms with Crippen LogP contribution < -0.4 is 9.47 Å². The molecule has 2 atom stereocenters. The molecular weight excluding hydrogens is 524 g/mol. The van der Waals surface area contributed by atoms with Crippen molar-refractivity contribution < 1.29 is 19.1 Å². The first-order valence-electron chi connectivity index (χ1n) is 16.6. The van der Waals surface area contributed by atoms with Crippen molar-refractivity contribution in [2.24, 2.45) is 11.8 Å². The minimum Gasteiger partial charge on any atom is -0.494 e. The summed E-state index contributed by atoms with van der Waals surface area (Å²) in [6.45, 7) is 11.2. The summed E-state index contributed by atoms with van der Waals surface area (Å²) in [5.74, 6) is 2.03. The standard InChI is InChI=1S/C36H52N2O4/c1-3-41-33-19-15-29(16-20-33)35(39)31(27-37-23-9-5-10-24-37)13-7-8-14-32(28-38-25-11-6-12-26-38)36(40)30-17-21-34(22-18-30)42-4-2/h15-22,31-32H,3-14,23-28H2,1-2H3. The highest BCUT2D eigenvalue weighted by Crippen LogP contribution is 2.25. The molecule has 6 heteroatoms. The van der Waals surface area contributed by atoms with Crippen molar-refractivity contribution in [3.8, 4) is 11.5 Å². The summed E-state index contributed by atoms with van der Waals surface area (Å²) in [6.07, 6.45) is 11.1. The molecule has 42 heavy (non-hydrogen) atoms. The summed E-state index contributed by atoms with van der Waals surface area (Å²) in [4.78, 5) is 32.4. The van der Waals surface area contributed by atoms with E-state index >= 15 is 0 Å². The summed E-state index contributed by atoms with van der Waals surface area (Å²) in [5.41, 5.74) is 1.54. The van der Waals surface area contributed by atoms with Gasteiger partial charge in [-0.3, -0.25) is 9.59 Å². The van der Waals surface area contributed by atoms with Crippen LogP contribution in [-0.4, -0.2) is 73.8 Å². The van der Waals surface area contributed by atoms with Crippen LogP contribution >= 0.6 is 0 Å². The second-order valence-corrected chi connectivity index (χ2v) is 12.0. The average Bonchev–Trinajstić information content (AvgIpc) is 3.03. The van der Waals surface area contributed by atoms with Gasteiger partial charge in [0, 0.05) is 36.1 Å². The number of hydrogen-bond acceptors (Lipinski definition) is 6. The van der Waals surface area contributed by atoms with Gasteiger partial charge in [0.1, 0.15) is 11.5 Å². The fraction of sp³-hybridized carbons (Fsp3) is 0.611. The smallest absolute Gasteiger partial charge is 0.167 e. The average molecular weight is 577 g/mol. The minimum atomic E-state index is -0.0246. The van der Waals surface area contributed by atoms with Crippen LogP contribution in [0.25, 0.3) is 0 Å². The Hall–Kier alpha value is -2.70. The first-order chi connectivity index (χ1) is 20.6. The van der Waals surface area contributed by atoms with E-state index in [2.05, 4.69) is 9.80 Å². The first kappa shape index (κ1) is 32.2. The van der Waals surface area contributed by atoms with E-state index in [1.165, 1.54) is 38.5 Å². The maximum atomic E-state index is 13.7. The number of Topliss-reactive ketones (excluding diaryl/α,β-unsaturated/α-hetero) is 2. The van der Waals surface area contributed by atoms with E-state index in [0.29, 0.717) is 13.2 Å². The van der Waals surface area contributed by atoms with E-state index in [9.17, 15) is 9.59 Å². The van der Waals surface area contributed by atoms with Gasteiger partial charge in [0.2, 0.25) is 0 Å². The number of unbranched alkanes of at least 4 members (excludes halogenated alkanes) is 1. The Kier molecular flexibility index (Phi) is 13.4. The minimum absolute atomic E-state index is 0.0246. The number of piperidine rings is 2. The van der Waals surface area contributed by atoms with Gasteiger partial charge in [-0.25, -0.2) is 0 Å². The zero-order chi connectivity index (χ0) is 29.6. The number of benzene rings is 2. The van der Waals surface area contributed by atoms with E-state index in [1.807, 2.05) is 62.4 Å². The highest BCUT2D eigenvalue weighted by atomic mass is 16.5. The van der Waals surface area contributed by atoms with E-state index < -0.39 is 0 Å². The molecule has 2 fully saturated rings. The maximum absolute atomic E-state index is 13.7. The number of carbonyl (C=O) groups is 2. The molecule has 2 aliphatic rings. The Balaban J connectivity index is 1.39. The second kappa shape index (κ2) is 17.4. The van der Waals surface area contributed by atoms with Crippen molar-refractivity contribution in [1.82, 2.24) is 9.80 Å². The van der Waals surface area contributed by atoms with Crippen molar-refractivity contribution in [1.29, 1.82) is 0 Å². The molecule has 0 spiro atoms. The lowest BCUT2D eigenvalue weighted by molar-refractivity contribution is 0.0833. The first-order valence-corrected chi connectivity index (χ1v) is 16.6. The second-order valence-electron chi connectivity index (χ2n) is 12.0. The number of rotatable bonds is 17. The lowest BCUT2D eigenvalue weighted by Gasteiger charge is -2.31. The Morgan fingerprint density at radius 1 is 0.595 bits per heavy atom. The van der Waals surface area contributed by atoms with Gasteiger partial charge in [-0.1, -0.05) is 25.7 Å². The van der Waals surface area contributed by atoms with E-state index in [4.69, 9.17) is 9.47 Å². The van der Waals surface area contributed by atoms with Crippen LogP contribution in [0.2, 0.25) is 0 Å². The number of hydrogen-bond donors (Lipinski definition) is 0. The van der Waals surface area contributed by atoms with Gasteiger partial charge in [-0.2, -0.15) is 0 Å². The number of ketones is 2. The maximum Gasteiger partial charge on any atom is 0.167 e. The third kappa shape index (κ3) is 9.95. The topological polar surface area (TPSA) is 59.1 Å². The van der Waals surface area contributed by atoms with Crippen molar-refractivity contribution >= 4 is 11.6 Å². The summed E-state index contributed by atoms with van der Waals surface area (Å²) in [6, 6.07) is 15.3. The zero-order valence-corrected chi connectivity index (χ0v) is 26.0. The molecule has 6 nitrogen and oxygen atoms in total. The van der Waals surface area contributed by atoms with Gasteiger partial charge in [-0.15, -0.1) is 0 Å². The number of likely N-dealkylation sites (tertiary alicyclic amines) is 2. The van der Waals surface area contributed by atoms with Crippen molar-refractivity contribution in [2.75, 3.05) is 52.5 Å². The summed E-state index contributed by atoms with van der Waals surface area (Å²) in [5, 5.41) is 0. The van der Waals surface area contributed by atoms with Gasteiger partial charge < -0.3 is 19.3 Å². The lowest BCUT2D eigenvalue weighted by Crippen LogP contribution is -2.37. The quantitative estimate of drug-likeness (QED) is 0.145. The number of carbonyl (C=O) groups excluding carboxylic acids is 2. The van der Waals surface area contributed by atoms with Crippen LogP contribution in [0, 0.1) is 11.8 Å². The van der Waals surface area contributed by atoms with Gasteiger partial charge in [0.05, 0.1) is 13.2 Å². The number of nitrogens with zero attached hydrogens (tertiary/aromatic N) is 2. The highest BCUT2D eigenvalue weighted by Gasteiger charge is 2.26. The molecule has 230 valence electrons. The summed E-state index contributed by atoms with van der Waals surface area (Å²) in [7, 11) is 0. The molecule has 0 radical (unpaired) electrons. The molecular formula is C36H52N2O4. The Labute approximate surface area is 253 Å². The van der Waals surface area contributed by atoms with Crippen LogP contribution in [0.3, 0.4) is 0 Å². The molecule has 2 aromatic rings. The number of ether oxygens (including phenoxy) is 2. The molecule has 2 saturated heterocycles. The van der Waals surface area contributed by atoms with Gasteiger partial charge >= 0.3 is 0 Å². The van der Waals surface area contributed by atoms with E-state index in [-0.39, 0.29) is 23.4 Å². The molecule has 0 aromatic heterocycles. The summed E-state index contributed by atoms with van der Waals surface area (Å²) < 4.78 is 11.2. The fourth-order valence-electron chi connectivity index (χ4n) is 6.53. The SMILES string of the molecule is CCOc1ccc(C(=O)C(CCCCC(CN2CCCCC2)C(=O)c2ccc(OCC)cc2)CN2CCCCC2)cc1. The molecule has 0 amide bonds.